The van der Waals surface area contributed by atoms with Gasteiger partial charge in [-0.15, -0.1) is 0 Å². The number of hydrogen-bond acceptors (Lipinski definition) is 0. The fourth-order valence-corrected chi connectivity index (χ4v) is 3.49. The van der Waals surface area contributed by atoms with E-state index in [0.717, 1.165) is 0 Å². The molecule has 0 aliphatic heterocycles. The van der Waals surface area contributed by atoms with Gasteiger partial charge in [-0.2, -0.15) is 0 Å². The molecule has 24 heavy (non-hydrogen) atoms. The van der Waals surface area contributed by atoms with E-state index < -0.39 is 0 Å². The molecule has 0 nitrogen and oxygen atoms in total. The van der Waals surface area contributed by atoms with Gasteiger partial charge in [0.25, 0.3) is 0 Å². The summed E-state index contributed by atoms with van der Waals surface area (Å²) >= 11 is 0. The standard InChI is InChI=1S/C24H16/c1-2-6-18-14-22-11-12-24-16-20-8-4-3-7-19(20)15-23(24)10-9-21(22)13-17(18)5-1/h1-16H/b10-9?,12-11?,21-9-,22-11+,23-10+,24-12-. The SMILES string of the molecule is C1=c2/cc3ccccc3c/c2=C\C=c2\cc3ccccc3c\c2=C/1. The summed E-state index contributed by atoms with van der Waals surface area (Å²) in [6.07, 6.45) is 8.94. The lowest BCUT2D eigenvalue weighted by atomic mass is 10.0. The predicted molar refractivity (Wildman–Crippen MR) is 104 cm³/mol. The largest absolute Gasteiger partial charge is 0.0616 e. The molecule has 0 fully saturated rings. The molecular weight excluding hydrogens is 288 g/mol. The molecule has 0 aromatic heterocycles. The molecule has 0 saturated heterocycles. The van der Waals surface area contributed by atoms with Crippen molar-refractivity contribution in [2.75, 3.05) is 0 Å². The smallest absolute Gasteiger partial charge is 0.0177 e. The van der Waals surface area contributed by atoms with Gasteiger partial charge in [0.15, 0.2) is 0 Å². The van der Waals surface area contributed by atoms with Gasteiger partial charge in [0.05, 0.1) is 0 Å². The first-order valence-corrected chi connectivity index (χ1v) is 8.29. The Morgan fingerprint density at radius 2 is 0.583 bits per heavy atom. The van der Waals surface area contributed by atoms with Gasteiger partial charge in [-0.3, -0.25) is 0 Å². The van der Waals surface area contributed by atoms with Crippen LogP contribution in [0.1, 0.15) is 0 Å². The normalized spacial score (nSPS) is 18.3. The first-order valence-electron chi connectivity index (χ1n) is 8.29. The first kappa shape index (κ1) is 13.3. The number of hydrogen-bond donors (Lipinski definition) is 0. The molecule has 1 aliphatic carbocycles. The molecule has 0 N–H and O–H groups in total. The first-order chi connectivity index (χ1) is 11.9. The van der Waals surface area contributed by atoms with Crippen molar-refractivity contribution >= 4 is 45.8 Å². The second-order valence-electron chi connectivity index (χ2n) is 6.32. The van der Waals surface area contributed by atoms with Gasteiger partial charge in [-0.05, 0) is 66.7 Å². The summed E-state index contributed by atoms with van der Waals surface area (Å²) in [5.41, 5.74) is 0. The summed E-state index contributed by atoms with van der Waals surface area (Å²) in [7, 11) is 0. The van der Waals surface area contributed by atoms with Crippen LogP contribution in [0.5, 0.6) is 0 Å². The van der Waals surface area contributed by atoms with Crippen LogP contribution in [0.4, 0.5) is 0 Å². The fraction of sp³-hybridized carbons (Fsp3) is 0. The molecule has 0 saturated carbocycles. The third-order valence-electron chi connectivity index (χ3n) is 4.79. The van der Waals surface area contributed by atoms with Crippen LogP contribution < -0.4 is 20.9 Å². The molecule has 0 bridgehead atoms. The van der Waals surface area contributed by atoms with E-state index in [-0.39, 0.29) is 0 Å². The van der Waals surface area contributed by atoms with E-state index in [1.165, 1.54) is 42.4 Å². The summed E-state index contributed by atoms with van der Waals surface area (Å²) in [5.74, 6) is 0. The van der Waals surface area contributed by atoms with E-state index in [0.29, 0.717) is 0 Å². The van der Waals surface area contributed by atoms with E-state index in [1.54, 1.807) is 0 Å². The average molecular weight is 304 g/mol. The van der Waals surface area contributed by atoms with Gasteiger partial charge >= 0.3 is 0 Å². The molecule has 0 heteroatoms. The molecular formula is C24H16. The second-order valence-corrected chi connectivity index (χ2v) is 6.32. The molecule has 112 valence electrons. The van der Waals surface area contributed by atoms with Crippen LogP contribution in [-0.2, 0) is 0 Å². The van der Waals surface area contributed by atoms with Crippen molar-refractivity contribution in [3.63, 3.8) is 0 Å². The van der Waals surface area contributed by atoms with Crippen LogP contribution in [0.25, 0.3) is 45.8 Å². The van der Waals surface area contributed by atoms with Crippen molar-refractivity contribution in [1.82, 2.24) is 0 Å². The Kier molecular flexibility index (Phi) is 2.89. The van der Waals surface area contributed by atoms with E-state index in [1.807, 2.05) is 0 Å². The predicted octanol–water partition coefficient (Wildman–Crippen LogP) is 2.83. The van der Waals surface area contributed by atoms with Crippen molar-refractivity contribution in [3.8, 4) is 0 Å². The highest BCUT2D eigenvalue weighted by atomic mass is 14.0. The van der Waals surface area contributed by atoms with E-state index in [4.69, 9.17) is 0 Å². The topological polar surface area (TPSA) is 0 Å². The molecule has 0 radical (unpaired) electrons. The molecule has 5 rings (SSSR count). The van der Waals surface area contributed by atoms with Gasteiger partial charge in [0.2, 0.25) is 0 Å². The Morgan fingerprint density at radius 3 is 0.833 bits per heavy atom. The second kappa shape index (κ2) is 5.21. The summed E-state index contributed by atoms with van der Waals surface area (Å²) in [6.45, 7) is 0. The fourth-order valence-electron chi connectivity index (χ4n) is 3.49. The maximum Gasteiger partial charge on any atom is -0.0177 e. The molecule has 1 aliphatic rings. The van der Waals surface area contributed by atoms with Crippen molar-refractivity contribution in [3.05, 3.63) is 93.7 Å². The van der Waals surface area contributed by atoms with Crippen LogP contribution in [0, 0.1) is 0 Å². The maximum absolute atomic E-state index is 2.28. The zero-order chi connectivity index (χ0) is 15.9. The van der Waals surface area contributed by atoms with Crippen molar-refractivity contribution in [2.45, 2.75) is 0 Å². The van der Waals surface area contributed by atoms with Crippen LogP contribution in [0.15, 0.2) is 72.8 Å². The Balaban J connectivity index is 1.88. The molecule has 0 amide bonds. The minimum atomic E-state index is 1.27. The average Bonchev–Trinajstić information content (AvgIpc) is 2.62. The Bertz CT molecular complexity index is 1130. The van der Waals surface area contributed by atoms with Gasteiger partial charge in [-0.25, -0.2) is 0 Å². The lowest BCUT2D eigenvalue weighted by Gasteiger charge is -2.01. The minimum absolute atomic E-state index is 1.27. The van der Waals surface area contributed by atoms with Gasteiger partial charge < -0.3 is 0 Å². The molecule has 0 heterocycles. The summed E-state index contributed by atoms with van der Waals surface area (Å²) in [4.78, 5) is 0. The third kappa shape index (κ3) is 2.16. The Morgan fingerprint density at radius 1 is 0.333 bits per heavy atom. The van der Waals surface area contributed by atoms with Crippen LogP contribution >= 0.6 is 0 Å². The zero-order valence-electron chi connectivity index (χ0n) is 13.2. The maximum atomic E-state index is 2.28. The highest BCUT2D eigenvalue weighted by Gasteiger charge is 1.97. The number of fused-ring (bicyclic) bond motifs is 4. The van der Waals surface area contributed by atoms with E-state index in [2.05, 4.69) is 97.1 Å². The van der Waals surface area contributed by atoms with Gasteiger partial charge in [-0.1, -0.05) is 72.8 Å². The monoisotopic (exact) mass is 304 g/mol. The third-order valence-corrected chi connectivity index (χ3v) is 4.79. The summed E-state index contributed by atoms with van der Waals surface area (Å²) in [6, 6.07) is 26.2. The number of benzene rings is 4. The van der Waals surface area contributed by atoms with Crippen molar-refractivity contribution < 1.29 is 0 Å². The minimum Gasteiger partial charge on any atom is -0.0616 e. The molecule has 4 aromatic rings. The highest BCUT2D eigenvalue weighted by Crippen LogP contribution is 2.09. The molecule has 4 aromatic carbocycles. The Labute approximate surface area is 140 Å². The van der Waals surface area contributed by atoms with Gasteiger partial charge in [0, 0.05) is 0 Å². The van der Waals surface area contributed by atoms with Crippen molar-refractivity contribution in [2.24, 2.45) is 0 Å². The van der Waals surface area contributed by atoms with Gasteiger partial charge in [0.1, 0.15) is 0 Å². The molecule has 0 unspecified atom stereocenters. The molecule has 0 atom stereocenters. The highest BCUT2D eigenvalue weighted by molar-refractivity contribution is 5.86. The quantitative estimate of drug-likeness (QED) is 0.469. The Hall–Kier alpha value is -3.12. The van der Waals surface area contributed by atoms with Crippen LogP contribution in [0.3, 0.4) is 0 Å². The lowest BCUT2D eigenvalue weighted by molar-refractivity contribution is 1.54. The van der Waals surface area contributed by atoms with E-state index >= 15 is 0 Å². The van der Waals surface area contributed by atoms with Crippen LogP contribution in [0.2, 0.25) is 0 Å². The van der Waals surface area contributed by atoms with Crippen LogP contribution in [-0.4, -0.2) is 0 Å². The summed E-state index contributed by atoms with van der Waals surface area (Å²) < 4.78 is 0. The summed E-state index contributed by atoms with van der Waals surface area (Å²) in [5, 5.41) is 10.2. The van der Waals surface area contributed by atoms with Crippen molar-refractivity contribution in [1.29, 1.82) is 0 Å². The zero-order valence-corrected chi connectivity index (χ0v) is 13.2. The molecule has 0 spiro atoms. The lowest BCUT2D eigenvalue weighted by Crippen LogP contribution is -2.29. The number of rotatable bonds is 0. The van der Waals surface area contributed by atoms with E-state index in [9.17, 15) is 0 Å².